The minimum atomic E-state index is -0.328. The lowest BCUT2D eigenvalue weighted by Gasteiger charge is -2.13. The van der Waals surface area contributed by atoms with Gasteiger partial charge in [0.15, 0.2) is 6.10 Å². The maximum Gasteiger partial charge on any atom is 0.414 e. The van der Waals surface area contributed by atoms with Crippen LogP contribution in [0, 0.1) is 0 Å². The van der Waals surface area contributed by atoms with Gasteiger partial charge in [-0.2, -0.15) is 0 Å². The number of ether oxygens (including phenoxy) is 2. The second kappa shape index (κ2) is 6.18. The summed E-state index contributed by atoms with van der Waals surface area (Å²) < 4.78 is 12.0. The van der Waals surface area contributed by atoms with Crippen LogP contribution in [0.5, 0.6) is 5.75 Å². The number of hydrogen-bond acceptors (Lipinski definition) is 3. The number of amides is 1. The summed E-state index contributed by atoms with van der Waals surface area (Å²) in [6, 6.07) is 17.0. The van der Waals surface area contributed by atoms with Crippen LogP contribution in [0.1, 0.15) is 0 Å². The third-order valence-electron chi connectivity index (χ3n) is 3.19. The standard InChI is InChI=1S/C16H14BrNO3/c17-12-6-8-14(9-7-12)20-11-15-10-18(16(19)21-15)13-4-2-1-3-5-13/h1-9,15H,10-11H2/t15-/m1/s1. The predicted octanol–water partition coefficient (Wildman–Crippen LogP) is 3.85. The molecule has 0 unspecified atom stereocenters. The fraction of sp³-hybridized carbons (Fsp3) is 0.188. The number of nitrogens with zero attached hydrogens (tertiary/aromatic N) is 1. The van der Waals surface area contributed by atoms with Crippen molar-refractivity contribution in [1.82, 2.24) is 0 Å². The van der Waals surface area contributed by atoms with Crippen molar-refractivity contribution in [2.24, 2.45) is 0 Å². The Bertz CT molecular complexity index is 615. The molecule has 4 nitrogen and oxygen atoms in total. The Hall–Kier alpha value is -2.01. The summed E-state index contributed by atoms with van der Waals surface area (Å²) in [5.41, 5.74) is 0.841. The second-order valence-electron chi connectivity index (χ2n) is 4.72. The lowest BCUT2D eigenvalue weighted by atomic mass is 10.3. The van der Waals surface area contributed by atoms with Crippen LogP contribution in [0.25, 0.3) is 0 Å². The molecular formula is C16H14BrNO3. The first-order valence-corrected chi connectivity index (χ1v) is 7.43. The third kappa shape index (κ3) is 3.36. The van der Waals surface area contributed by atoms with Gasteiger partial charge in [0.05, 0.1) is 6.54 Å². The smallest absolute Gasteiger partial charge is 0.414 e. The zero-order chi connectivity index (χ0) is 14.7. The molecule has 0 N–H and O–H groups in total. The normalized spacial score (nSPS) is 17.7. The first-order valence-electron chi connectivity index (χ1n) is 6.64. The highest BCUT2D eigenvalue weighted by molar-refractivity contribution is 9.10. The Labute approximate surface area is 131 Å². The first kappa shape index (κ1) is 13.9. The molecule has 1 fully saturated rings. The number of cyclic esters (lactones) is 1. The van der Waals surface area contributed by atoms with Gasteiger partial charge < -0.3 is 9.47 Å². The lowest BCUT2D eigenvalue weighted by Crippen LogP contribution is -2.26. The Kier molecular flexibility index (Phi) is 4.10. The van der Waals surface area contributed by atoms with E-state index < -0.39 is 0 Å². The Balaban J connectivity index is 1.59. The van der Waals surface area contributed by atoms with Gasteiger partial charge in [-0.05, 0) is 36.4 Å². The number of para-hydroxylation sites is 1. The summed E-state index contributed by atoms with van der Waals surface area (Å²) in [6.45, 7) is 0.843. The zero-order valence-corrected chi connectivity index (χ0v) is 12.8. The van der Waals surface area contributed by atoms with Crippen molar-refractivity contribution in [3.63, 3.8) is 0 Å². The Morgan fingerprint density at radius 1 is 1.14 bits per heavy atom. The highest BCUT2D eigenvalue weighted by Crippen LogP contribution is 2.22. The SMILES string of the molecule is O=C1O[C@@H](COc2ccc(Br)cc2)CN1c1ccccc1. The highest BCUT2D eigenvalue weighted by atomic mass is 79.9. The number of anilines is 1. The van der Waals surface area contributed by atoms with Gasteiger partial charge >= 0.3 is 6.09 Å². The van der Waals surface area contributed by atoms with Gasteiger partial charge in [-0.3, -0.25) is 4.90 Å². The van der Waals surface area contributed by atoms with Crippen LogP contribution in [0.15, 0.2) is 59.1 Å². The third-order valence-corrected chi connectivity index (χ3v) is 3.72. The molecule has 1 aliphatic heterocycles. The van der Waals surface area contributed by atoms with Crippen LogP contribution >= 0.6 is 15.9 Å². The number of rotatable bonds is 4. The van der Waals surface area contributed by atoms with Crippen molar-refractivity contribution >= 4 is 27.7 Å². The summed E-state index contributed by atoms with van der Waals surface area (Å²) in [4.78, 5) is 13.5. The summed E-state index contributed by atoms with van der Waals surface area (Å²) >= 11 is 3.37. The number of benzene rings is 2. The van der Waals surface area contributed by atoms with E-state index in [1.807, 2.05) is 54.6 Å². The van der Waals surface area contributed by atoms with Crippen molar-refractivity contribution in [2.75, 3.05) is 18.1 Å². The molecule has 0 aromatic heterocycles. The molecule has 1 amide bonds. The van der Waals surface area contributed by atoms with E-state index in [9.17, 15) is 4.79 Å². The average molecular weight is 348 g/mol. The van der Waals surface area contributed by atoms with Gasteiger partial charge in [0, 0.05) is 10.2 Å². The first-order chi connectivity index (χ1) is 10.2. The number of halogens is 1. The maximum atomic E-state index is 11.9. The molecule has 0 saturated carbocycles. The molecule has 0 radical (unpaired) electrons. The van der Waals surface area contributed by atoms with E-state index in [1.165, 1.54) is 0 Å². The molecule has 0 bridgehead atoms. The molecule has 2 aromatic carbocycles. The molecular weight excluding hydrogens is 334 g/mol. The van der Waals surface area contributed by atoms with Crippen LogP contribution in [0.2, 0.25) is 0 Å². The topological polar surface area (TPSA) is 38.8 Å². The quantitative estimate of drug-likeness (QED) is 0.842. The van der Waals surface area contributed by atoms with Crippen molar-refractivity contribution in [3.05, 3.63) is 59.1 Å². The van der Waals surface area contributed by atoms with E-state index >= 15 is 0 Å². The van der Waals surface area contributed by atoms with Gasteiger partial charge in [0.1, 0.15) is 12.4 Å². The van der Waals surface area contributed by atoms with Gasteiger partial charge in [0.2, 0.25) is 0 Å². The minimum Gasteiger partial charge on any atom is -0.490 e. The summed E-state index contributed by atoms with van der Waals surface area (Å²) in [5.74, 6) is 0.757. The molecule has 3 rings (SSSR count). The zero-order valence-electron chi connectivity index (χ0n) is 11.2. The van der Waals surface area contributed by atoms with Gasteiger partial charge in [-0.15, -0.1) is 0 Å². The van der Waals surface area contributed by atoms with E-state index in [0.717, 1.165) is 15.9 Å². The molecule has 1 heterocycles. The Morgan fingerprint density at radius 3 is 2.57 bits per heavy atom. The number of carbonyl (C=O) groups excluding carboxylic acids is 1. The van der Waals surface area contributed by atoms with E-state index in [0.29, 0.717) is 13.2 Å². The van der Waals surface area contributed by atoms with Crippen molar-refractivity contribution in [1.29, 1.82) is 0 Å². The van der Waals surface area contributed by atoms with Crippen LogP contribution in [-0.4, -0.2) is 25.3 Å². The number of hydrogen-bond donors (Lipinski definition) is 0. The van der Waals surface area contributed by atoms with Gasteiger partial charge in [-0.1, -0.05) is 34.1 Å². The monoisotopic (exact) mass is 347 g/mol. The summed E-state index contributed by atoms with van der Waals surface area (Å²) in [7, 11) is 0. The van der Waals surface area contributed by atoms with Crippen molar-refractivity contribution in [2.45, 2.75) is 6.10 Å². The predicted molar refractivity (Wildman–Crippen MR) is 83.7 cm³/mol. The molecule has 0 aliphatic carbocycles. The van der Waals surface area contributed by atoms with Crippen molar-refractivity contribution < 1.29 is 14.3 Å². The summed E-state index contributed by atoms with van der Waals surface area (Å²) in [5, 5.41) is 0. The largest absolute Gasteiger partial charge is 0.490 e. The van der Waals surface area contributed by atoms with Gasteiger partial charge in [0.25, 0.3) is 0 Å². The van der Waals surface area contributed by atoms with Crippen LogP contribution in [0.3, 0.4) is 0 Å². The molecule has 1 saturated heterocycles. The second-order valence-corrected chi connectivity index (χ2v) is 5.63. The molecule has 108 valence electrons. The lowest BCUT2D eigenvalue weighted by molar-refractivity contribution is 0.105. The van der Waals surface area contributed by atoms with Gasteiger partial charge in [-0.25, -0.2) is 4.79 Å². The van der Waals surface area contributed by atoms with E-state index in [2.05, 4.69) is 15.9 Å². The molecule has 2 aromatic rings. The number of carbonyl (C=O) groups is 1. The van der Waals surface area contributed by atoms with E-state index in [4.69, 9.17) is 9.47 Å². The summed E-state index contributed by atoms with van der Waals surface area (Å²) in [6.07, 6.45) is -0.591. The molecule has 5 heteroatoms. The fourth-order valence-corrected chi connectivity index (χ4v) is 2.41. The molecule has 1 atom stereocenters. The van der Waals surface area contributed by atoms with Crippen LogP contribution in [-0.2, 0) is 4.74 Å². The van der Waals surface area contributed by atoms with E-state index in [-0.39, 0.29) is 12.2 Å². The van der Waals surface area contributed by atoms with Crippen molar-refractivity contribution in [3.8, 4) is 5.75 Å². The fourth-order valence-electron chi connectivity index (χ4n) is 2.15. The van der Waals surface area contributed by atoms with Crippen LogP contribution < -0.4 is 9.64 Å². The maximum absolute atomic E-state index is 11.9. The van der Waals surface area contributed by atoms with E-state index in [1.54, 1.807) is 4.90 Å². The minimum absolute atomic E-state index is 0.263. The Morgan fingerprint density at radius 2 is 1.86 bits per heavy atom. The van der Waals surface area contributed by atoms with Crippen LogP contribution in [0.4, 0.5) is 10.5 Å². The molecule has 0 spiro atoms. The highest BCUT2D eigenvalue weighted by Gasteiger charge is 2.32. The molecule has 1 aliphatic rings. The molecule has 21 heavy (non-hydrogen) atoms. The average Bonchev–Trinajstić information content (AvgIpc) is 2.89.